The number of esters is 1. The molecule has 38 heavy (non-hydrogen) atoms. The van der Waals surface area contributed by atoms with E-state index in [9.17, 15) is 19.2 Å². The number of halogens is 2. The van der Waals surface area contributed by atoms with Crippen LogP contribution in [0.2, 0.25) is 0 Å². The number of alkyl halides is 2. The van der Waals surface area contributed by atoms with Crippen LogP contribution in [0.25, 0.3) is 0 Å². The summed E-state index contributed by atoms with van der Waals surface area (Å²) in [5, 5.41) is 0. The van der Waals surface area contributed by atoms with E-state index in [0.29, 0.717) is 47.9 Å². The van der Waals surface area contributed by atoms with Crippen LogP contribution in [0.5, 0.6) is 11.5 Å². The number of benzene rings is 2. The lowest BCUT2D eigenvalue weighted by Gasteiger charge is -2.29. The van der Waals surface area contributed by atoms with E-state index in [4.69, 9.17) is 9.47 Å². The summed E-state index contributed by atoms with van der Waals surface area (Å²) < 4.78 is 11.1. The summed E-state index contributed by atoms with van der Waals surface area (Å²) in [6, 6.07) is 12.1. The molecule has 0 spiro atoms. The van der Waals surface area contributed by atoms with Crippen LogP contribution in [0.1, 0.15) is 31.7 Å². The zero-order chi connectivity index (χ0) is 27.1. The van der Waals surface area contributed by atoms with Crippen molar-refractivity contribution in [2.45, 2.75) is 42.8 Å². The van der Waals surface area contributed by atoms with Crippen molar-refractivity contribution in [2.24, 2.45) is 17.8 Å². The number of rotatable bonds is 6. The Morgan fingerprint density at radius 3 is 2.13 bits per heavy atom. The first-order chi connectivity index (χ1) is 18.2. The fourth-order valence-corrected chi connectivity index (χ4v) is 6.72. The number of nitrogens with zero attached hydrogens (tertiary/aromatic N) is 2. The maximum Gasteiger partial charge on any atom is 0.316 e. The van der Waals surface area contributed by atoms with Crippen LogP contribution in [-0.2, 0) is 19.2 Å². The number of hydrogen-bond acceptors (Lipinski definition) is 6. The fourth-order valence-electron chi connectivity index (χ4n) is 5.48. The highest BCUT2D eigenvalue weighted by Gasteiger charge is 2.52. The van der Waals surface area contributed by atoms with E-state index in [2.05, 4.69) is 31.9 Å². The first kappa shape index (κ1) is 26.9. The van der Waals surface area contributed by atoms with Crippen molar-refractivity contribution < 1.29 is 28.7 Å². The van der Waals surface area contributed by atoms with Crippen molar-refractivity contribution in [1.29, 1.82) is 0 Å². The topological polar surface area (TPSA) is 93.2 Å². The van der Waals surface area contributed by atoms with Gasteiger partial charge < -0.3 is 14.4 Å². The first-order valence-corrected chi connectivity index (χ1v) is 14.5. The predicted octanol–water partition coefficient (Wildman–Crippen LogP) is 4.78. The summed E-state index contributed by atoms with van der Waals surface area (Å²) in [6.07, 6.45) is 1.26. The maximum absolute atomic E-state index is 13.2. The Bertz CT molecular complexity index is 1250. The molecule has 5 atom stereocenters. The van der Waals surface area contributed by atoms with Gasteiger partial charge in [0.25, 0.3) is 0 Å². The lowest BCUT2D eigenvalue weighted by atomic mass is 9.81. The number of fused-ring (bicyclic) bond motifs is 1. The van der Waals surface area contributed by atoms with E-state index in [1.807, 2.05) is 6.92 Å². The third-order valence-electron chi connectivity index (χ3n) is 7.46. The molecule has 2 saturated heterocycles. The summed E-state index contributed by atoms with van der Waals surface area (Å²) in [5.41, 5.74) is 1.86. The summed E-state index contributed by atoms with van der Waals surface area (Å²) in [6.45, 7) is 4.46. The maximum atomic E-state index is 13.2. The molecule has 0 aromatic heterocycles. The SMILES string of the molecule is CCOc1ccc(N2C[C@H](C(=O)Oc3ccc(N4C(=O)[C@@H]5C[C@@H](Br)[C@@H](Br)C[C@H]5C4=O)c(C)c3)CC2=O)cc1. The van der Waals surface area contributed by atoms with E-state index in [-0.39, 0.29) is 52.2 Å². The Morgan fingerprint density at radius 2 is 1.55 bits per heavy atom. The molecule has 0 unspecified atom stereocenters. The van der Waals surface area contributed by atoms with Gasteiger partial charge in [0.15, 0.2) is 0 Å². The van der Waals surface area contributed by atoms with E-state index in [1.165, 1.54) is 4.90 Å². The molecule has 200 valence electrons. The predicted molar refractivity (Wildman–Crippen MR) is 149 cm³/mol. The Labute approximate surface area is 237 Å². The number of carbonyl (C=O) groups excluding carboxylic acids is 4. The van der Waals surface area contributed by atoms with Crippen LogP contribution >= 0.6 is 31.9 Å². The number of anilines is 2. The van der Waals surface area contributed by atoms with Crippen molar-refractivity contribution in [3.8, 4) is 11.5 Å². The van der Waals surface area contributed by atoms with Crippen molar-refractivity contribution in [3.63, 3.8) is 0 Å². The van der Waals surface area contributed by atoms with Gasteiger partial charge in [-0.25, -0.2) is 4.90 Å². The molecule has 0 N–H and O–H groups in total. The van der Waals surface area contributed by atoms with Crippen LogP contribution in [0.3, 0.4) is 0 Å². The van der Waals surface area contributed by atoms with Gasteiger partial charge in [0.1, 0.15) is 11.5 Å². The average Bonchev–Trinajstić information content (AvgIpc) is 3.38. The van der Waals surface area contributed by atoms with Gasteiger partial charge in [0, 0.05) is 28.3 Å². The van der Waals surface area contributed by atoms with Gasteiger partial charge in [0.2, 0.25) is 17.7 Å². The number of hydrogen-bond donors (Lipinski definition) is 0. The van der Waals surface area contributed by atoms with E-state index >= 15 is 0 Å². The molecule has 1 aliphatic carbocycles. The molecule has 3 aliphatic rings. The van der Waals surface area contributed by atoms with Crippen LogP contribution < -0.4 is 19.3 Å². The minimum absolute atomic E-state index is 0.0613. The number of aryl methyl sites for hydroxylation is 1. The molecule has 3 fully saturated rings. The lowest BCUT2D eigenvalue weighted by molar-refractivity contribution is -0.139. The van der Waals surface area contributed by atoms with E-state index < -0.39 is 11.9 Å². The van der Waals surface area contributed by atoms with Gasteiger partial charge in [-0.1, -0.05) is 31.9 Å². The number of carbonyl (C=O) groups is 4. The molecule has 0 radical (unpaired) electrons. The zero-order valence-corrected chi connectivity index (χ0v) is 24.2. The van der Waals surface area contributed by atoms with E-state index in [0.717, 1.165) is 0 Å². The second kappa shape index (κ2) is 10.8. The molecular weight excluding hydrogens is 620 g/mol. The molecule has 10 heteroatoms. The molecule has 2 aromatic carbocycles. The molecule has 3 amide bonds. The molecule has 5 rings (SSSR count). The zero-order valence-electron chi connectivity index (χ0n) is 21.1. The number of ether oxygens (including phenoxy) is 2. The molecule has 2 aliphatic heterocycles. The second-order valence-corrected chi connectivity index (χ2v) is 12.3. The minimum atomic E-state index is -0.603. The van der Waals surface area contributed by atoms with Crippen molar-refractivity contribution in [1.82, 2.24) is 0 Å². The molecule has 2 aromatic rings. The Kier molecular flexibility index (Phi) is 7.64. The van der Waals surface area contributed by atoms with Gasteiger partial charge in [-0.15, -0.1) is 0 Å². The molecule has 0 bridgehead atoms. The van der Waals surface area contributed by atoms with Crippen molar-refractivity contribution >= 4 is 66.9 Å². The summed E-state index contributed by atoms with van der Waals surface area (Å²) in [5.74, 6) is -1.27. The minimum Gasteiger partial charge on any atom is -0.494 e. The second-order valence-electron chi connectivity index (χ2n) is 9.93. The van der Waals surface area contributed by atoms with Crippen LogP contribution in [-0.4, -0.2) is 46.5 Å². The summed E-state index contributed by atoms with van der Waals surface area (Å²) in [4.78, 5) is 55.0. The normalized spacial score (nSPS) is 27.1. The third-order valence-corrected chi connectivity index (χ3v) is 10.2. The van der Waals surface area contributed by atoms with Gasteiger partial charge >= 0.3 is 5.97 Å². The fraction of sp³-hybridized carbons (Fsp3) is 0.429. The molecule has 8 nitrogen and oxygen atoms in total. The first-order valence-electron chi connectivity index (χ1n) is 12.7. The lowest BCUT2D eigenvalue weighted by Crippen LogP contribution is -2.34. The monoisotopic (exact) mass is 646 g/mol. The largest absolute Gasteiger partial charge is 0.494 e. The Morgan fingerprint density at radius 1 is 0.947 bits per heavy atom. The van der Waals surface area contributed by atoms with Gasteiger partial charge in [-0.05, 0) is 74.7 Å². The van der Waals surface area contributed by atoms with Gasteiger partial charge in [-0.2, -0.15) is 0 Å². The highest BCUT2D eigenvalue weighted by Crippen LogP contribution is 2.45. The molecular formula is C28H28Br2N2O6. The van der Waals surface area contributed by atoms with Crippen LogP contribution in [0.4, 0.5) is 11.4 Å². The van der Waals surface area contributed by atoms with Crippen LogP contribution in [0.15, 0.2) is 42.5 Å². The summed E-state index contributed by atoms with van der Waals surface area (Å²) in [7, 11) is 0. The third kappa shape index (κ3) is 5.00. The highest BCUT2D eigenvalue weighted by atomic mass is 79.9. The average molecular weight is 648 g/mol. The molecule has 1 saturated carbocycles. The van der Waals surface area contributed by atoms with Crippen molar-refractivity contribution in [3.05, 3.63) is 48.0 Å². The van der Waals surface area contributed by atoms with Crippen LogP contribution in [0, 0.1) is 24.7 Å². The summed E-state index contributed by atoms with van der Waals surface area (Å²) >= 11 is 7.22. The smallest absolute Gasteiger partial charge is 0.316 e. The van der Waals surface area contributed by atoms with E-state index in [1.54, 1.807) is 54.3 Å². The van der Waals surface area contributed by atoms with Crippen molar-refractivity contribution in [2.75, 3.05) is 23.0 Å². The number of imide groups is 1. The Hall–Kier alpha value is -2.72. The van der Waals surface area contributed by atoms with Gasteiger partial charge in [0.05, 0.1) is 30.0 Å². The quantitative estimate of drug-likeness (QED) is 0.194. The number of amides is 3. The Balaban J connectivity index is 1.25. The van der Waals surface area contributed by atoms with Gasteiger partial charge in [-0.3, -0.25) is 19.2 Å². The standard InChI is InChI=1S/C28H28Br2N2O6/c1-3-37-18-6-4-17(5-7-18)31-14-16(11-25(31)33)28(36)38-19-8-9-24(15(2)10-19)32-26(34)20-12-22(29)23(30)13-21(20)27(32)35/h4-10,16,20-23H,3,11-14H2,1-2H3/t16-,20-,21-,22-,23+/m1/s1. The highest BCUT2D eigenvalue weighted by molar-refractivity contribution is 9.12. The molecule has 2 heterocycles.